The van der Waals surface area contributed by atoms with Gasteiger partial charge < -0.3 is 19.4 Å². The number of amides is 1. The molecule has 0 saturated heterocycles. The normalized spacial score (nSPS) is 11.1. The molecule has 3 aromatic rings. The van der Waals surface area contributed by atoms with E-state index in [0.717, 1.165) is 22.7 Å². The standard InChI is InChI=1S/C22H27N3O4S/c1-6-14(7-2)25-12-17(21(26)24-11-20-23-10-13(3)30-20)15-8-18(28-4)19(29-5)9-16(15)22(25)27/h8-10,12,14H,6-7,11H2,1-5H3,(H,24,26). The Hall–Kier alpha value is -2.87. The molecule has 0 fully saturated rings. The topological polar surface area (TPSA) is 82.5 Å². The van der Waals surface area contributed by atoms with Gasteiger partial charge in [-0.05, 0) is 31.9 Å². The molecule has 0 aliphatic carbocycles. The summed E-state index contributed by atoms with van der Waals surface area (Å²) in [7, 11) is 3.05. The molecular formula is C22H27N3O4S. The van der Waals surface area contributed by atoms with Gasteiger partial charge in [0.2, 0.25) is 0 Å². The summed E-state index contributed by atoms with van der Waals surface area (Å²) < 4.78 is 12.4. The van der Waals surface area contributed by atoms with E-state index in [2.05, 4.69) is 10.3 Å². The summed E-state index contributed by atoms with van der Waals surface area (Å²) in [5, 5.41) is 4.72. The van der Waals surface area contributed by atoms with Crippen LogP contribution in [0.15, 0.2) is 29.3 Å². The highest BCUT2D eigenvalue weighted by molar-refractivity contribution is 7.11. The molecule has 0 aliphatic rings. The number of hydrogen-bond acceptors (Lipinski definition) is 6. The van der Waals surface area contributed by atoms with E-state index in [0.29, 0.717) is 34.4 Å². The number of benzene rings is 1. The number of ether oxygens (including phenoxy) is 2. The molecular weight excluding hydrogens is 402 g/mol. The average molecular weight is 430 g/mol. The first-order chi connectivity index (χ1) is 14.4. The molecule has 0 unspecified atom stereocenters. The number of methoxy groups -OCH3 is 2. The molecule has 7 nitrogen and oxygen atoms in total. The fraction of sp³-hybridized carbons (Fsp3) is 0.409. The van der Waals surface area contributed by atoms with E-state index < -0.39 is 0 Å². The predicted molar refractivity (Wildman–Crippen MR) is 119 cm³/mol. The molecule has 1 amide bonds. The first-order valence-electron chi connectivity index (χ1n) is 9.93. The predicted octanol–water partition coefficient (Wildman–Crippen LogP) is 4.07. The maximum absolute atomic E-state index is 13.2. The summed E-state index contributed by atoms with van der Waals surface area (Å²) in [6.07, 6.45) is 5.02. The van der Waals surface area contributed by atoms with E-state index in [9.17, 15) is 9.59 Å². The number of fused-ring (bicyclic) bond motifs is 1. The lowest BCUT2D eigenvalue weighted by atomic mass is 10.0. The van der Waals surface area contributed by atoms with Crippen LogP contribution >= 0.6 is 11.3 Å². The van der Waals surface area contributed by atoms with Crippen LogP contribution in [0.1, 0.15) is 53.0 Å². The largest absolute Gasteiger partial charge is 0.493 e. The highest BCUT2D eigenvalue weighted by Gasteiger charge is 2.20. The van der Waals surface area contributed by atoms with Crippen molar-refractivity contribution in [2.24, 2.45) is 0 Å². The van der Waals surface area contributed by atoms with Crippen molar-refractivity contribution in [3.8, 4) is 11.5 Å². The molecule has 0 bridgehead atoms. The van der Waals surface area contributed by atoms with Crippen molar-refractivity contribution in [2.45, 2.75) is 46.2 Å². The molecule has 2 aromatic heterocycles. The summed E-state index contributed by atoms with van der Waals surface area (Å²) in [5.41, 5.74) is 0.275. The number of aromatic nitrogens is 2. The second-order valence-corrected chi connectivity index (χ2v) is 8.34. The Balaban J connectivity index is 2.15. The van der Waals surface area contributed by atoms with Crippen LogP contribution in [-0.4, -0.2) is 29.7 Å². The smallest absolute Gasteiger partial charge is 0.258 e. The molecule has 3 rings (SSSR count). The minimum atomic E-state index is -0.264. The third-order valence-electron chi connectivity index (χ3n) is 5.20. The number of thiazole rings is 1. The van der Waals surface area contributed by atoms with Crippen LogP contribution < -0.4 is 20.3 Å². The van der Waals surface area contributed by atoms with E-state index >= 15 is 0 Å². The zero-order valence-electron chi connectivity index (χ0n) is 17.9. The lowest BCUT2D eigenvalue weighted by molar-refractivity contribution is 0.0951. The number of pyridine rings is 1. The minimum absolute atomic E-state index is 0.00292. The fourth-order valence-electron chi connectivity index (χ4n) is 3.55. The molecule has 1 aromatic carbocycles. The maximum atomic E-state index is 13.2. The zero-order valence-corrected chi connectivity index (χ0v) is 18.8. The number of rotatable bonds is 8. The van der Waals surface area contributed by atoms with Crippen molar-refractivity contribution in [2.75, 3.05) is 14.2 Å². The number of carbonyl (C=O) groups is 1. The van der Waals surface area contributed by atoms with Gasteiger partial charge in [0, 0.05) is 28.7 Å². The Morgan fingerprint density at radius 2 is 1.80 bits per heavy atom. The number of hydrogen-bond donors (Lipinski definition) is 1. The van der Waals surface area contributed by atoms with Crippen molar-refractivity contribution >= 4 is 28.0 Å². The summed E-state index contributed by atoms with van der Waals surface area (Å²) in [5.74, 6) is 0.656. The minimum Gasteiger partial charge on any atom is -0.493 e. The Bertz CT molecular complexity index is 1120. The van der Waals surface area contributed by atoms with Crippen LogP contribution in [0.3, 0.4) is 0 Å². The van der Waals surface area contributed by atoms with Crippen LogP contribution in [0, 0.1) is 6.92 Å². The van der Waals surface area contributed by atoms with Crippen LogP contribution in [0.25, 0.3) is 10.8 Å². The lowest BCUT2D eigenvalue weighted by Gasteiger charge is -2.20. The molecule has 0 spiro atoms. The van der Waals surface area contributed by atoms with Gasteiger partial charge in [0.05, 0.1) is 31.7 Å². The maximum Gasteiger partial charge on any atom is 0.258 e. The van der Waals surface area contributed by atoms with E-state index in [1.165, 1.54) is 25.6 Å². The van der Waals surface area contributed by atoms with Crippen LogP contribution in [0.2, 0.25) is 0 Å². The third kappa shape index (κ3) is 4.18. The van der Waals surface area contributed by atoms with Crippen molar-refractivity contribution in [1.29, 1.82) is 0 Å². The molecule has 160 valence electrons. The first kappa shape index (κ1) is 21.8. The van der Waals surface area contributed by atoms with Crippen molar-refractivity contribution < 1.29 is 14.3 Å². The van der Waals surface area contributed by atoms with Crippen LogP contribution in [0.4, 0.5) is 0 Å². The van der Waals surface area contributed by atoms with Crippen molar-refractivity contribution in [1.82, 2.24) is 14.9 Å². The Labute approximate surface area is 179 Å². The zero-order chi connectivity index (χ0) is 21.8. The monoisotopic (exact) mass is 429 g/mol. The Morgan fingerprint density at radius 1 is 1.17 bits per heavy atom. The first-order valence-corrected chi connectivity index (χ1v) is 10.7. The summed E-state index contributed by atoms with van der Waals surface area (Å²) in [6.45, 7) is 6.37. The Morgan fingerprint density at radius 3 is 2.33 bits per heavy atom. The number of aryl methyl sites for hydroxylation is 1. The number of carbonyl (C=O) groups excluding carboxylic acids is 1. The van der Waals surface area contributed by atoms with Crippen LogP contribution in [-0.2, 0) is 6.54 Å². The third-order valence-corrected chi connectivity index (χ3v) is 6.11. The van der Waals surface area contributed by atoms with Gasteiger partial charge in [-0.3, -0.25) is 9.59 Å². The van der Waals surface area contributed by atoms with Gasteiger partial charge in [0.25, 0.3) is 11.5 Å². The molecule has 0 atom stereocenters. The molecule has 2 heterocycles. The van der Waals surface area contributed by atoms with Crippen molar-refractivity contribution in [3.05, 3.63) is 50.3 Å². The fourth-order valence-corrected chi connectivity index (χ4v) is 4.28. The van der Waals surface area contributed by atoms with Gasteiger partial charge >= 0.3 is 0 Å². The second-order valence-electron chi connectivity index (χ2n) is 7.03. The molecule has 30 heavy (non-hydrogen) atoms. The summed E-state index contributed by atoms with van der Waals surface area (Å²) in [6, 6.07) is 3.34. The molecule has 1 N–H and O–H groups in total. The van der Waals surface area contributed by atoms with Gasteiger partial charge in [-0.15, -0.1) is 11.3 Å². The lowest BCUT2D eigenvalue weighted by Crippen LogP contribution is -2.29. The van der Waals surface area contributed by atoms with E-state index in [-0.39, 0.29) is 17.5 Å². The molecule has 0 saturated carbocycles. The molecule has 0 radical (unpaired) electrons. The summed E-state index contributed by atoms with van der Waals surface area (Å²) >= 11 is 1.54. The van der Waals surface area contributed by atoms with Crippen LogP contribution in [0.5, 0.6) is 11.5 Å². The van der Waals surface area contributed by atoms with E-state index in [1.807, 2.05) is 20.8 Å². The molecule has 8 heteroatoms. The summed E-state index contributed by atoms with van der Waals surface area (Å²) in [4.78, 5) is 31.8. The number of nitrogens with zero attached hydrogens (tertiary/aromatic N) is 2. The quantitative estimate of drug-likeness (QED) is 0.584. The van der Waals surface area contributed by atoms with Gasteiger partial charge in [-0.1, -0.05) is 13.8 Å². The second kappa shape index (κ2) is 9.30. The highest BCUT2D eigenvalue weighted by Crippen LogP contribution is 2.33. The van der Waals surface area contributed by atoms with E-state index in [1.54, 1.807) is 29.1 Å². The van der Waals surface area contributed by atoms with Gasteiger partial charge in [0.1, 0.15) is 5.01 Å². The Kier molecular flexibility index (Phi) is 6.77. The molecule has 0 aliphatic heterocycles. The van der Waals surface area contributed by atoms with E-state index in [4.69, 9.17) is 9.47 Å². The van der Waals surface area contributed by atoms with Gasteiger partial charge in [-0.2, -0.15) is 0 Å². The SMILES string of the molecule is CCC(CC)n1cc(C(=O)NCc2ncc(C)s2)c2cc(OC)c(OC)cc2c1=O. The van der Waals surface area contributed by atoms with Gasteiger partial charge in [0.15, 0.2) is 11.5 Å². The number of nitrogens with one attached hydrogen (secondary N) is 1. The van der Waals surface area contributed by atoms with Gasteiger partial charge in [-0.25, -0.2) is 4.98 Å². The van der Waals surface area contributed by atoms with Crippen molar-refractivity contribution in [3.63, 3.8) is 0 Å². The highest BCUT2D eigenvalue weighted by atomic mass is 32.1. The average Bonchev–Trinajstić information content (AvgIpc) is 3.18.